The van der Waals surface area contributed by atoms with Crippen LogP contribution in [0.2, 0.25) is 0 Å². The second-order valence-corrected chi connectivity index (χ2v) is 10.3. The predicted molar refractivity (Wildman–Crippen MR) is 134 cm³/mol. The van der Waals surface area contributed by atoms with Crippen LogP contribution in [0, 0.1) is 6.92 Å². The Labute approximate surface area is 197 Å². The van der Waals surface area contributed by atoms with Gasteiger partial charge in [0.15, 0.2) is 5.16 Å². The van der Waals surface area contributed by atoms with Crippen LogP contribution in [-0.2, 0) is 18.6 Å². The van der Waals surface area contributed by atoms with Gasteiger partial charge in [-0.3, -0.25) is 14.2 Å². The molecular formula is C25H20N4O2S2. The van der Waals surface area contributed by atoms with E-state index in [9.17, 15) is 9.59 Å². The number of hydrogen-bond donors (Lipinski definition) is 1. The molecule has 5 aromatic rings. The normalized spacial score (nSPS) is 13.1. The summed E-state index contributed by atoms with van der Waals surface area (Å²) in [4.78, 5) is 40.8. The SMILES string of the molecule is Cc1ccc(-n2c(SCc3nc4sc5c(c4c(=O)[nH]3)CCC5)nc3ccccc3c2=O)cc1. The monoisotopic (exact) mass is 472 g/mol. The zero-order chi connectivity index (χ0) is 22.5. The molecule has 0 saturated carbocycles. The van der Waals surface area contributed by atoms with E-state index in [-0.39, 0.29) is 11.1 Å². The third-order valence-corrected chi connectivity index (χ3v) is 8.13. The summed E-state index contributed by atoms with van der Waals surface area (Å²) in [6.45, 7) is 2.01. The minimum Gasteiger partial charge on any atom is -0.309 e. The van der Waals surface area contributed by atoms with Crippen LogP contribution in [0.4, 0.5) is 0 Å². The Kier molecular flexibility index (Phi) is 4.92. The van der Waals surface area contributed by atoms with E-state index >= 15 is 0 Å². The van der Waals surface area contributed by atoms with Crippen LogP contribution < -0.4 is 11.1 Å². The number of fused-ring (bicyclic) bond motifs is 4. The van der Waals surface area contributed by atoms with Gasteiger partial charge >= 0.3 is 0 Å². The first-order valence-electron chi connectivity index (χ1n) is 10.8. The highest BCUT2D eigenvalue weighted by Gasteiger charge is 2.21. The molecule has 2 aromatic carbocycles. The molecule has 33 heavy (non-hydrogen) atoms. The topological polar surface area (TPSA) is 80.6 Å². The third-order valence-electron chi connectivity index (χ3n) is 6.00. The molecular weight excluding hydrogens is 452 g/mol. The number of para-hydroxylation sites is 1. The fourth-order valence-corrected chi connectivity index (χ4v) is 6.54. The van der Waals surface area contributed by atoms with Crippen LogP contribution in [0.25, 0.3) is 26.8 Å². The van der Waals surface area contributed by atoms with Gasteiger partial charge in [0.05, 0.1) is 27.7 Å². The van der Waals surface area contributed by atoms with Gasteiger partial charge in [-0.05, 0) is 56.0 Å². The lowest BCUT2D eigenvalue weighted by molar-refractivity contribution is 0.818. The number of aromatic amines is 1. The first-order valence-corrected chi connectivity index (χ1v) is 12.6. The van der Waals surface area contributed by atoms with Crippen LogP contribution in [0.1, 0.15) is 28.2 Å². The quantitative estimate of drug-likeness (QED) is 0.301. The summed E-state index contributed by atoms with van der Waals surface area (Å²) < 4.78 is 1.64. The summed E-state index contributed by atoms with van der Waals surface area (Å²) in [5.41, 5.74) is 3.52. The Morgan fingerprint density at radius 2 is 1.88 bits per heavy atom. The van der Waals surface area contributed by atoms with Gasteiger partial charge in [0, 0.05) is 4.88 Å². The van der Waals surface area contributed by atoms with E-state index in [4.69, 9.17) is 9.97 Å². The molecule has 1 aliphatic rings. The van der Waals surface area contributed by atoms with Crippen molar-refractivity contribution in [1.82, 2.24) is 19.5 Å². The van der Waals surface area contributed by atoms with Gasteiger partial charge in [-0.2, -0.15) is 0 Å². The molecule has 6 rings (SSSR count). The van der Waals surface area contributed by atoms with Crippen LogP contribution in [0.3, 0.4) is 0 Å². The molecule has 3 heterocycles. The lowest BCUT2D eigenvalue weighted by atomic mass is 10.2. The molecule has 0 amide bonds. The standard InChI is InChI=1S/C25H20N4O2S2/c1-14-9-11-15(12-10-14)29-24(31)16-5-2-3-7-18(16)26-25(29)32-13-20-27-22(30)21-17-6-4-8-19(17)33-23(21)28-20/h2-3,5,7,9-12H,4,6,8,13H2,1H3,(H,27,28,30). The molecule has 0 unspecified atom stereocenters. The molecule has 8 heteroatoms. The Morgan fingerprint density at radius 3 is 2.73 bits per heavy atom. The fraction of sp³-hybridized carbons (Fsp3) is 0.200. The Bertz CT molecular complexity index is 1650. The van der Waals surface area contributed by atoms with Gasteiger partial charge in [0.1, 0.15) is 10.7 Å². The summed E-state index contributed by atoms with van der Waals surface area (Å²) in [5, 5.41) is 1.89. The molecule has 0 aliphatic heterocycles. The first-order chi connectivity index (χ1) is 16.1. The maximum Gasteiger partial charge on any atom is 0.266 e. The van der Waals surface area contributed by atoms with Crippen molar-refractivity contribution in [3.05, 3.63) is 91.1 Å². The Balaban J connectivity index is 1.43. The van der Waals surface area contributed by atoms with Crippen molar-refractivity contribution in [3.63, 3.8) is 0 Å². The van der Waals surface area contributed by atoms with Crippen LogP contribution in [0.5, 0.6) is 0 Å². The lowest BCUT2D eigenvalue weighted by Crippen LogP contribution is -2.22. The van der Waals surface area contributed by atoms with Gasteiger partial charge in [-0.15, -0.1) is 11.3 Å². The molecule has 0 radical (unpaired) electrons. The van der Waals surface area contributed by atoms with E-state index in [0.717, 1.165) is 40.7 Å². The highest BCUT2D eigenvalue weighted by Crippen LogP contribution is 2.35. The fourth-order valence-electron chi connectivity index (χ4n) is 4.38. The molecule has 6 nitrogen and oxygen atoms in total. The second kappa shape index (κ2) is 7.97. The number of rotatable bonds is 4. The van der Waals surface area contributed by atoms with Crippen molar-refractivity contribution in [2.75, 3.05) is 0 Å². The molecule has 0 saturated heterocycles. The van der Waals surface area contributed by atoms with Gasteiger partial charge < -0.3 is 4.98 Å². The van der Waals surface area contributed by atoms with Crippen LogP contribution in [-0.4, -0.2) is 19.5 Å². The van der Waals surface area contributed by atoms with E-state index in [2.05, 4.69) is 4.98 Å². The Hall–Kier alpha value is -3.23. The largest absolute Gasteiger partial charge is 0.309 e. The van der Waals surface area contributed by atoms with Gasteiger partial charge in [-0.1, -0.05) is 41.6 Å². The van der Waals surface area contributed by atoms with Crippen LogP contribution >= 0.6 is 23.1 Å². The first kappa shape index (κ1) is 20.4. The van der Waals surface area contributed by atoms with Gasteiger partial charge in [-0.25, -0.2) is 9.97 Å². The molecule has 1 N–H and O–H groups in total. The van der Waals surface area contributed by atoms with E-state index in [1.165, 1.54) is 22.2 Å². The molecule has 0 bridgehead atoms. The van der Waals surface area contributed by atoms with Crippen LogP contribution in [0.15, 0.2) is 63.3 Å². The molecule has 0 spiro atoms. The van der Waals surface area contributed by atoms with E-state index in [0.29, 0.717) is 27.6 Å². The summed E-state index contributed by atoms with van der Waals surface area (Å²) in [6, 6.07) is 15.2. The lowest BCUT2D eigenvalue weighted by Gasteiger charge is -2.13. The number of benzene rings is 2. The molecule has 164 valence electrons. The smallest absolute Gasteiger partial charge is 0.266 e. The summed E-state index contributed by atoms with van der Waals surface area (Å²) in [6.07, 6.45) is 3.10. The Morgan fingerprint density at radius 1 is 1.06 bits per heavy atom. The second-order valence-electron chi connectivity index (χ2n) is 8.23. The number of aromatic nitrogens is 4. The van der Waals surface area contributed by atoms with Crippen molar-refractivity contribution in [1.29, 1.82) is 0 Å². The molecule has 0 fully saturated rings. The summed E-state index contributed by atoms with van der Waals surface area (Å²) in [5.74, 6) is 1.000. The van der Waals surface area contributed by atoms with Crippen molar-refractivity contribution in [3.8, 4) is 5.69 Å². The zero-order valence-electron chi connectivity index (χ0n) is 17.9. The van der Waals surface area contributed by atoms with Gasteiger partial charge in [0.25, 0.3) is 11.1 Å². The average Bonchev–Trinajstić information content (AvgIpc) is 3.40. The molecule has 3 aromatic heterocycles. The zero-order valence-corrected chi connectivity index (χ0v) is 19.6. The number of aryl methyl sites for hydroxylation is 3. The number of thioether (sulfide) groups is 1. The minimum atomic E-state index is -0.112. The number of nitrogens with zero attached hydrogens (tertiary/aromatic N) is 3. The number of thiophene rings is 1. The average molecular weight is 473 g/mol. The third kappa shape index (κ3) is 3.50. The van der Waals surface area contributed by atoms with Crippen molar-refractivity contribution < 1.29 is 0 Å². The highest BCUT2D eigenvalue weighted by atomic mass is 32.2. The summed E-state index contributed by atoms with van der Waals surface area (Å²) >= 11 is 3.03. The van der Waals surface area contributed by atoms with E-state index in [1.54, 1.807) is 22.0 Å². The highest BCUT2D eigenvalue weighted by molar-refractivity contribution is 7.98. The number of H-pyrrole nitrogens is 1. The summed E-state index contributed by atoms with van der Waals surface area (Å²) in [7, 11) is 0. The number of hydrogen-bond acceptors (Lipinski definition) is 6. The van der Waals surface area contributed by atoms with Gasteiger partial charge in [0.2, 0.25) is 0 Å². The molecule has 0 atom stereocenters. The van der Waals surface area contributed by atoms with Crippen molar-refractivity contribution >= 4 is 44.2 Å². The maximum atomic E-state index is 13.4. The minimum absolute atomic E-state index is 0.0719. The molecule has 1 aliphatic carbocycles. The number of nitrogens with one attached hydrogen (secondary N) is 1. The van der Waals surface area contributed by atoms with Crippen molar-refractivity contribution in [2.24, 2.45) is 0 Å². The van der Waals surface area contributed by atoms with E-state index < -0.39 is 0 Å². The van der Waals surface area contributed by atoms with E-state index in [1.807, 2.05) is 49.4 Å². The van der Waals surface area contributed by atoms with Crippen molar-refractivity contribution in [2.45, 2.75) is 37.1 Å². The predicted octanol–water partition coefficient (Wildman–Crippen LogP) is 4.77. The maximum absolute atomic E-state index is 13.4.